The van der Waals surface area contributed by atoms with Crippen molar-refractivity contribution in [3.8, 4) is 6.07 Å². The molecule has 1 aliphatic rings. The minimum absolute atomic E-state index is 0.184. The van der Waals surface area contributed by atoms with Crippen molar-refractivity contribution in [1.29, 1.82) is 5.26 Å². The molecule has 1 fully saturated rings. The first kappa shape index (κ1) is 24.1. The largest absolute Gasteiger partial charge is 0.462 e. The first-order valence-electron chi connectivity index (χ1n) is 9.62. The smallest absolute Gasteiger partial charge is 0.420 e. The van der Waals surface area contributed by atoms with Crippen molar-refractivity contribution in [2.75, 3.05) is 16.4 Å². The van der Waals surface area contributed by atoms with Crippen LogP contribution in [0.3, 0.4) is 0 Å². The van der Waals surface area contributed by atoms with Crippen LogP contribution in [0.2, 0.25) is 0 Å². The molecular formula is C22H17F4N3O3S. The SMILES string of the molecule is CCOC(=O)c1ccc(N2C(=S)N(c3ccc(C#N)c(C(F)(F)F)c3F)C(=O)C2(C)C)cc1. The Kier molecular flexibility index (Phi) is 6.17. The molecule has 0 N–H and O–H groups in total. The van der Waals surface area contributed by atoms with Gasteiger partial charge in [0.25, 0.3) is 5.91 Å². The van der Waals surface area contributed by atoms with Gasteiger partial charge in [-0.25, -0.2) is 9.18 Å². The molecule has 2 aromatic carbocycles. The standard InChI is InChI=1S/C22H17F4N3O3S/c1-4-32-18(30)12-5-8-14(9-6-12)29-20(33)28(19(31)21(29,2)3)15-10-7-13(11-27)16(17(15)23)22(24,25)26/h5-10H,4H2,1-3H3. The molecule has 3 rings (SSSR count). The first-order valence-corrected chi connectivity index (χ1v) is 10.0. The van der Waals surface area contributed by atoms with E-state index >= 15 is 4.39 Å². The summed E-state index contributed by atoms with van der Waals surface area (Å²) < 4.78 is 60.2. The lowest BCUT2D eigenvalue weighted by Gasteiger charge is -2.29. The summed E-state index contributed by atoms with van der Waals surface area (Å²) in [6, 6.07) is 8.90. The zero-order chi connectivity index (χ0) is 24.7. The zero-order valence-corrected chi connectivity index (χ0v) is 18.5. The van der Waals surface area contributed by atoms with E-state index < -0.39 is 46.2 Å². The number of rotatable bonds is 4. The van der Waals surface area contributed by atoms with Crippen LogP contribution in [0, 0.1) is 17.1 Å². The van der Waals surface area contributed by atoms with E-state index in [0.717, 1.165) is 12.1 Å². The summed E-state index contributed by atoms with van der Waals surface area (Å²) in [5.41, 5.74) is -4.17. The molecule has 1 amide bonds. The fourth-order valence-electron chi connectivity index (χ4n) is 3.51. The number of ether oxygens (including phenoxy) is 1. The number of nitriles is 1. The maximum atomic E-state index is 15.0. The average molecular weight is 479 g/mol. The van der Waals surface area contributed by atoms with Crippen molar-refractivity contribution in [3.05, 3.63) is 58.9 Å². The molecule has 0 atom stereocenters. The number of benzene rings is 2. The van der Waals surface area contributed by atoms with Crippen LogP contribution in [0.1, 0.15) is 42.3 Å². The summed E-state index contributed by atoms with van der Waals surface area (Å²) in [6.45, 7) is 4.80. The second-order valence-corrected chi connectivity index (χ2v) is 7.88. The van der Waals surface area contributed by atoms with E-state index in [1.807, 2.05) is 0 Å². The van der Waals surface area contributed by atoms with Gasteiger partial charge >= 0.3 is 12.1 Å². The van der Waals surface area contributed by atoms with Crippen LogP contribution in [-0.4, -0.2) is 29.1 Å². The number of halogens is 4. The van der Waals surface area contributed by atoms with Crippen LogP contribution in [0.4, 0.5) is 28.9 Å². The number of nitrogens with zero attached hydrogens (tertiary/aromatic N) is 3. The quantitative estimate of drug-likeness (QED) is 0.356. The van der Waals surface area contributed by atoms with E-state index in [0.29, 0.717) is 10.6 Å². The first-order chi connectivity index (χ1) is 15.4. The number of anilines is 2. The lowest BCUT2D eigenvalue weighted by atomic mass is 10.0. The third kappa shape index (κ3) is 4.02. The van der Waals surface area contributed by atoms with Gasteiger partial charge in [0, 0.05) is 5.69 Å². The van der Waals surface area contributed by atoms with Crippen molar-refractivity contribution < 1.29 is 31.9 Å². The molecule has 6 nitrogen and oxygen atoms in total. The molecule has 1 saturated heterocycles. The fraction of sp³-hybridized carbons (Fsp3) is 0.273. The van der Waals surface area contributed by atoms with E-state index in [4.69, 9.17) is 22.2 Å². The van der Waals surface area contributed by atoms with Crippen molar-refractivity contribution in [3.63, 3.8) is 0 Å². The van der Waals surface area contributed by atoms with E-state index in [9.17, 15) is 22.8 Å². The van der Waals surface area contributed by atoms with E-state index in [1.54, 1.807) is 6.92 Å². The molecule has 0 bridgehead atoms. The van der Waals surface area contributed by atoms with Gasteiger partial charge < -0.3 is 9.64 Å². The van der Waals surface area contributed by atoms with Crippen LogP contribution in [0.15, 0.2) is 36.4 Å². The maximum Gasteiger partial charge on any atom is 0.420 e. The van der Waals surface area contributed by atoms with E-state index in [2.05, 4.69) is 0 Å². The third-order valence-electron chi connectivity index (χ3n) is 5.07. The molecule has 2 aromatic rings. The number of alkyl halides is 3. The Morgan fingerprint density at radius 3 is 2.30 bits per heavy atom. The highest BCUT2D eigenvalue weighted by atomic mass is 32.1. The molecule has 0 radical (unpaired) electrons. The van der Waals surface area contributed by atoms with Crippen LogP contribution in [0.25, 0.3) is 0 Å². The Labute approximate surface area is 192 Å². The predicted octanol–water partition coefficient (Wildman–Crippen LogP) is 4.81. The number of hydrogen-bond donors (Lipinski definition) is 0. The van der Waals surface area contributed by atoms with Gasteiger partial charge in [0.05, 0.1) is 29.5 Å². The molecule has 0 saturated carbocycles. The summed E-state index contributed by atoms with van der Waals surface area (Å²) >= 11 is 5.36. The lowest BCUT2D eigenvalue weighted by molar-refractivity contribution is -0.140. The van der Waals surface area contributed by atoms with Gasteiger partial charge in [-0.1, -0.05) is 0 Å². The minimum atomic E-state index is -5.16. The second kappa shape index (κ2) is 8.44. The number of esters is 1. The van der Waals surface area contributed by atoms with Gasteiger partial charge in [-0.2, -0.15) is 18.4 Å². The Hall–Kier alpha value is -3.52. The highest BCUT2D eigenvalue weighted by Gasteiger charge is 2.52. The van der Waals surface area contributed by atoms with Gasteiger partial charge in [-0.05, 0) is 69.4 Å². The number of carbonyl (C=O) groups is 2. The fourth-order valence-corrected chi connectivity index (χ4v) is 4.02. The molecule has 33 heavy (non-hydrogen) atoms. The Bertz CT molecular complexity index is 1190. The summed E-state index contributed by atoms with van der Waals surface area (Å²) in [7, 11) is 0. The van der Waals surface area contributed by atoms with Gasteiger partial charge in [0.1, 0.15) is 11.1 Å². The van der Waals surface area contributed by atoms with Crippen LogP contribution in [0.5, 0.6) is 0 Å². The number of thiocarbonyl (C=S) groups is 1. The molecular weight excluding hydrogens is 462 g/mol. The van der Waals surface area contributed by atoms with Gasteiger partial charge in [-0.15, -0.1) is 0 Å². The molecule has 1 aliphatic heterocycles. The second-order valence-electron chi connectivity index (χ2n) is 7.52. The maximum absolute atomic E-state index is 15.0. The molecule has 0 unspecified atom stereocenters. The number of hydrogen-bond acceptors (Lipinski definition) is 5. The summed E-state index contributed by atoms with van der Waals surface area (Å²) in [5.74, 6) is -3.09. The molecule has 0 spiro atoms. The van der Waals surface area contributed by atoms with Crippen molar-refractivity contribution in [2.45, 2.75) is 32.5 Å². The Morgan fingerprint density at radius 1 is 1.18 bits per heavy atom. The van der Waals surface area contributed by atoms with Crippen molar-refractivity contribution in [2.24, 2.45) is 0 Å². The Morgan fingerprint density at radius 2 is 1.79 bits per heavy atom. The molecule has 0 aromatic heterocycles. The van der Waals surface area contributed by atoms with Crippen LogP contribution >= 0.6 is 12.2 Å². The minimum Gasteiger partial charge on any atom is -0.462 e. The van der Waals surface area contributed by atoms with E-state index in [1.165, 1.54) is 49.1 Å². The number of carbonyl (C=O) groups excluding carboxylic acids is 2. The zero-order valence-electron chi connectivity index (χ0n) is 17.7. The molecule has 172 valence electrons. The number of amides is 1. The van der Waals surface area contributed by atoms with Crippen LogP contribution < -0.4 is 9.80 Å². The topological polar surface area (TPSA) is 73.6 Å². The van der Waals surface area contributed by atoms with Gasteiger partial charge in [0.2, 0.25) is 0 Å². The van der Waals surface area contributed by atoms with Gasteiger partial charge in [-0.3, -0.25) is 9.69 Å². The average Bonchev–Trinajstić information content (AvgIpc) is 2.91. The third-order valence-corrected chi connectivity index (χ3v) is 5.44. The summed E-state index contributed by atoms with van der Waals surface area (Å²) in [6.07, 6.45) is -5.16. The Balaban J connectivity index is 2.08. The molecule has 0 aliphatic carbocycles. The highest BCUT2D eigenvalue weighted by molar-refractivity contribution is 7.81. The monoisotopic (exact) mass is 479 g/mol. The summed E-state index contributed by atoms with van der Waals surface area (Å²) in [4.78, 5) is 27.1. The van der Waals surface area contributed by atoms with Gasteiger partial charge in [0.15, 0.2) is 10.9 Å². The van der Waals surface area contributed by atoms with Crippen molar-refractivity contribution in [1.82, 2.24) is 0 Å². The van der Waals surface area contributed by atoms with E-state index in [-0.39, 0.29) is 17.3 Å². The lowest BCUT2D eigenvalue weighted by Crippen LogP contribution is -2.44. The predicted molar refractivity (Wildman–Crippen MR) is 115 cm³/mol. The normalized spacial score (nSPS) is 15.6. The molecule has 1 heterocycles. The molecule has 11 heteroatoms. The highest BCUT2D eigenvalue weighted by Crippen LogP contribution is 2.41. The van der Waals surface area contributed by atoms with Crippen LogP contribution in [-0.2, 0) is 15.7 Å². The van der Waals surface area contributed by atoms with Crippen molar-refractivity contribution >= 4 is 40.6 Å². The summed E-state index contributed by atoms with van der Waals surface area (Å²) in [5, 5.41) is 8.71.